The second-order valence-electron chi connectivity index (χ2n) is 4.92. The smallest absolute Gasteiger partial charge is 0.128 e. The Labute approximate surface area is 119 Å². The second-order valence-corrected chi connectivity index (χ2v) is 5.57. The zero-order valence-electron chi connectivity index (χ0n) is 12.0. The molecule has 2 aromatic rings. The molecule has 104 valence electrons. The van der Waals surface area contributed by atoms with Crippen LogP contribution in [-0.2, 0) is 4.74 Å². The van der Waals surface area contributed by atoms with Gasteiger partial charge in [-0.25, -0.2) is 4.98 Å². The van der Waals surface area contributed by atoms with Crippen LogP contribution in [0.5, 0.6) is 0 Å². The van der Waals surface area contributed by atoms with Crippen molar-refractivity contribution in [3.8, 4) is 0 Å². The second kappa shape index (κ2) is 5.93. The minimum atomic E-state index is -0.113. The van der Waals surface area contributed by atoms with Gasteiger partial charge in [0.1, 0.15) is 5.82 Å². The van der Waals surface area contributed by atoms with E-state index in [0.717, 1.165) is 23.3 Å². The molecule has 2 rings (SSSR count). The molecule has 0 saturated carbocycles. The van der Waals surface area contributed by atoms with Crippen LogP contribution in [0.15, 0.2) is 18.2 Å². The lowest BCUT2D eigenvalue weighted by molar-refractivity contribution is 0.153. The summed E-state index contributed by atoms with van der Waals surface area (Å²) >= 11 is 6.31. The summed E-state index contributed by atoms with van der Waals surface area (Å²) in [6, 6.07) is 6.53. The number of aryl methyl sites for hydroxylation is 1. The summed E-state index contributed by atoms with van der Waals surface area (Å²) in [6.07, 6.45) is 0.990. The Kier molecular flexibility index (Phi) is 4.48. The molecule has 0 bridgehead atoms. The zero-order valence-corrected chi connectivity index (χ0v) is 12.7. The molecule has 0 aliphatic rings. The Balaban J connectivity index is 2.67. The Morgan fingerprint density at radius 2 is 2.16 bits per heavy atom. The molecule has 2 unspecified atom stereocenters. The van der Waals surface area contributed by atoms with Crippen molar-refractivity contribution in [3.05, 3.63) is 29.6 Å². The van der Waals surface area contributed by atoms with E-state index >= 15 is 0 Å². The lowest BCUT2D eigenvalue weighted by Crippen LogP contribution is -2.16. The van der Waals surface area contributed by atoms with Crippen LogP contribution in [0.3, 0.4) is 0 Å². The van der Waals surface area contributed by atoms with E-state index in [4.69, 9.17) is 21.3 Å². The third-order valence-corrected chi connectivity index (χ3v) is 3.70. The van der Waals surface area contributed by atoms with E-state index in [-0.39, 0.29) is 11.4 Å². The first-order valence-electron chi connectivity index (χ1n) is 6.70. The fourth-order valence-corrected chi connectivity index (χ4v) is 2.66. The highest BCUT2D eigenvalue weighted by atomic mass is 35.5. The van der Waals surface area contributed by atoms with Gasteiger partial charge in [0.05, 0.1) is 29.1 Å². The first-order chi connectivity index (χ1) is 9.10. The molecule has 0 aliphatic heterocycles. The van der Waals surface area contributed by atoms with Gasteiger partial charge in [0.15, 0.2) is 0 Å². The van der Waals surface area contributed by atoms with Crippen molar-refractivity contribution in [2.75, 3.05) is 13.7 Å². The van der Waals surface area contributed by atoms with Gasteiger partial charge in [-0.2, -0.15) is 0 Å². The molecule has 0 radical (unpaired) electrons. The van der Waals surface area contributed by atoms with E-state index in [1.807, 2.05) is 6.92 Å². The lowest BCUT2D eigenvalue weighted by atomic mass is 10.2. The number of para-hydroxylation sites is 1. The van der Waals surface area contributed by atoms with Crippen LogP contribution in [0.2, 0.25) is 0 Å². The van der Waals surface area contributed by atoms with Gasteiger partial charge in [0.2, 0.25) is 0 Å². The van der Waals surface area contributed by atoms with Crippen LogP contribution in [0.25, 0.3) is 11.0 Å². The molecule has 1 aromatic carbocycles. The van der Waals surface area contributed by atoms with E-state index in [1.54, 1.807) is 7.11 Å². The summed E-state index contributed by atoms with van der Waals surface area (Å²) in [6.45, 7) is 6.88. The average molecular weight is 281 g/mol. The summed E-state index contributed by atoms with van der Waals surface area (Å²) in [5.41, 5.74) is 3.37. The van der Waals surface area contributed by atoms with E-state index in [0.29, 0.717) is 6.61 Å². The fraction of sp³-hybridized carbons (Fsp3) is 0.533. The topological polar surface area (TPSA) is 27.1 Å². The Hall–Kier alpha value is -1.06. The van der Waals surface area contributed by atoms with Crippen molar-refractivity contribution in [2.45, 2.75) is 38.6 Å². The molecule has 0 aliphatic carbocycles. The normalized spacial score (nSPS) is 14.8. The van der Waals surface area contributed by atoms with Gasteiger partial charge >= 0.3 is 0 Å². The molecule has 3 nitrogen and oxygen atoms in total. The van der Waals surface area contributed by atoms with Crippen molar-refractivity contribution < 1.29 is 4.74 Å². The van der Waals surface area contributed by atoms with Crippen molar-refractivity contribution in [2.24, 2.45) is 0 Å². The molecular weight excluding hydrogens is 260 g/mol. The Bertz CT molecular complexity index is 563. The van der Waals surface area contributed by atoms with Crippen LogP contribution in [-0.4, -0.2) is 23.3 Å². The number of fused-ring (bicyclic) bond motifs is 1. The maximum Gasteiger partial charge on any atom is 0.128 e. The van der Waals surface area contributed by atoms with Gasteiger partial charge in [-0.05, 0) is 31.9 Å². The number of imidazole rings is 1. The van der Waals surface area contributed by atoms with E-state index in [2.05, 4.69) is 36.6 Å². The van der Waals surface area contributed by atoms with Gasteiger partial charge in [-0.15, -0.1) is 11.6 Å². The molecule has 0 fully saturated rings. The standard InChI is InChI=1S/C15H21ClN2O/c1-5-12(9-19-4)18-13-8-6-7-10(2)14(13)17-15(18)11(3)16/h6-8,11-12H,5,9H2,1-4H3. The quantitative estimate of drug-likeness (QED) is 0.766. The molecule has 1 heterocycles. The van der Waals surface area contributed by atoms with Crippen LogP contribution >= 0.6 is 11.6 Å². The lowest BCUT2D eigenvalue weighted by Gasteiger charge is -2.20. The zero-order chi connectivity index (χ0) is 14.0. The number of nitrogens with zero attached hydrogens (tertiary/aromatic N) is 2. The van der Waals surface area contributed by atoms with Crippen LogP contribution < -0.4 is 0 Å². The summed E-state index contributed by atoms with van der Waals surface area (Å²) in [7, 11) is 1.73. The Morgan fingerprint density at radius 1 is 1.42 bits per heavy atom. The molecule has 19 heavy (non-hydrogen) atoms. The first-order valence-corrected chi connectivity index (χ1v) is 7.14. The fourth-order valence-electron chi connectivity index (χ4n) is 2.51. The number of halogens is 1. The third kappa shape index (κ3) is 2.63. The van der Waals surface area contributed by atoms with Gasteiger partial charge in [-0.3, -0.25) is 0 Å². The highest BCUT2D eigenvalue weighted by molar-refractivity contribution is 6.20. The molecule has 2 atom stereocenters. The molecule has 1 aromatic heterocycles. The number of alkyl halides is 1. The first kappa shape index (κ1) is 14.4. The molecular formula is C15H21ClN2O. The van der Waals surface area contributed by atoms with Crippen molar-refractivity contribution in [1.29, 1.82) is 0 Å². The number of methoxy groups -OCH3 is 1. The molecule has 0 N–H and O–H groups in total. The molecule has 0 spiro atoms. The molecule has 4 heteroatoms. The number of aromatic nitrogens is 2. The van der Waals surface area contributed by atoms with Crippen LogP contribution in [0.1, 0.15) is 43.1 Å². The summed E-state index contributed by atoms with van der Waals surface area (Å²) in [5, 5.41) is -0.113. The number of ether oxygens (including phenoxy) is 1. The van der Waals surface area contributed by atoms with E-state index < -0.39 is 0 Å². The number of hydrogen-bond acceptors (Lipinski definition) is 2. The number of rotatable bonds is 5. The van der Waals surface area contributed by atoms with E-state index in [9.17, 15) is 0 Å². The van der Waals surface area contributed by atoms with Gasteiger partial charge in [-0.1, -0.05) is 19.1 Å². The number of hydrogen-bond donors (Lipinski definition) is 0. The minimum absolute atomic E-state index is 0.113. The minimum Gasteiger partial charge on any atom is -0.383 e. The van der Waals surface area contributed by atoms with Gasteiger partial charge in [0, 0.05) is 7.11 Å². The average Bonchev–Trinajstić information content (AvgIpc) is 2.77. The third-order valence-electron chi connectivity index (χ3n) is 3.50. The highest BCUT2D eigenvalue weighted by Gasteiger charge is 2.21. The predicted molar refractivity (Wildman–Crippen MR) is 79.9 cm³/mol. The summed E-state index contributed by atoms with van der Waals surface area (Å²) in [4.78, 5) is 4.74. The summed E-state index contributed by atoms with van der Waals surface area (Å²) in [5.74, 6) is 0.926. The summed E-state index contributed by atoms with van der Waals surface area (Å²) < 4.78 is 7.58. The SMILES string of the molecule is CCC(COC)n1c(C(C)Cl)nc2c(C)cccc21. The Morgan fingerprint density at radius 3 is 2.74 bits per heavy atom. The van der Waals surface area contributed by atoms with Crippen molar-refractivity contribution in [1.82, 2.24) is 9.55 Å². The molecule has 0 amide bonds. The van der Waals surface area contributed by atoms with Crippen LogP contribution in [0, 0.1) is 6.92 Å². The van der Waals surface area contributed by atoms with Crippen molar-refractivity contribution in [3.63, 3.8) is 0 Å². The van der Waals surface area contributed by atoms with Gasteiger partial charge < -0.3 is 9.30 Å². The van der Waals surface area contributed by atoms with Gasteiger partial charge in [0.25, 0.3) is 0 Å². The number of benzene rings is 1. The van der Waals surface area contributed by atoms with Crippen molar-refractivity contribution >= 4 is 22.6 Å². The molecule has 0 saturated heterocycles. The maximum absolute atomic E-state index is 6.31. The van der Waals surface area contributed by atoms with Crippen LogP contribution in [0.4, 0.5) is 0 Å². The van der Waals surface area contributed by atoms with E-state index in [1.165, 1.54) is 5.56 Å². The predicted octanol–water partition coefficient (Wildman–Crippen LogP) is 4.24. The maximum atomic E-state index is 6.31. The highest BCUT2D eigenvalue weighted by Crippen LogP contribution is 2.30. The monoisotopic (exact) mass is 280 g/mol. The largest absolute Gasteiger partial charge is 0.383 e.